The third-order valence-corrected chi connectivity index (χ3v) is 3.35. The lowest BCUT2D eigenvalue weighted by Crippen LogP contribution is -2.02. The van der Waals surface area contributed by atoms with Crippen LogP contribution in [-0.2, 0) is 16.1 Å². The highest BCUT2D eigenvalue weighted by atomic mass is 16.5. The predicted octanol–water partition coefficient (Wildman–Crippen LogP) is 5.04. The van der Waals surface area contributed by atoms with Crippen molar-refractivity contribution in [2.24, 2.45) is 0 Å². The molecule has 0 aliphatic heterocycles. The highest BCUT2D eigenvalue weighted by Gasteiger charge is 2.02. The molecular formula is C18H26O2. The normalized spacial score (nSPS) is 11.4. The smallest absolute Gasteiger partial charge is 0.331 e. The summed E-state index contributed by atoms with van der Waals surface area (Å²) in [6, 6.07) is 9.77. The molecule has 0 bridgehead atoms. The zero-order valence-electron chi connectivity index (χ0n) is 12.7. The molecule has 0 heterocycles. The van der Waals surface area contributed by atoms with Gasteiger partial charge in [-0.25, -0.2) is 4.79 Å². The Balaban J connectivity index is 2.34. The first-order chi connectivity index (χ1) is 9.76. The lowest BCUT2D eigenvalue weighted by molar-refractivity contribution is -0.139. The van der Waals surface area contributed by atoms with Gasteiger partial charge < -0.3 is 4.74 Å². The van der Waals surface area contributed by atoms with Crippen molar-refractivity contribution in [1.29, 1.82) is 0 Å². The van der Waals surface area contributed by atoms with Gasteiger partial charge in [0.25, 0.3) is 0 Å². The third-order valence-electron chi connectivity index (χ3n) is 3.35. The van der Waals surface area contributed by atoms with Crippen molar-refractivity contribution in [2.75, 3.05) is 0 Å². The van der Waals surface area contributed by atoms with Crippen LogP contribution in [0.25, 0.3) is 0 Å². The summed E-state index contributed by atoms with van der Waals surface area (Å²) in [5.41, 5.74) is 2.22. The van der Waals surface area contributed by atoms with E-state index in [-0.39, 0.29) is 5.97 Å². The van der Waals surface area contributed by atoms with Crippen molar-refractivity contribution in [3.05, 3.63) is 47.5 Å². The van der Waals surface area contributed by atoms with Gasteiger partial charge in [-0.15, -0.1) is 0 Å². The van der Waals surface area contributed by atoms with Gasteiger partial charge in [-0.3, -0.25) is 0 Å². The molecule has 0 aliphatic rings. The maximum Gasteiger partial charge on any atom is 0.331 e. The number of allylic oxidation sites excluding steroid dienone is 1. The number of rotatable bonds is 9. The second-order valence-electron chi connectivity index (χ2n) is 5.06. The van der Waals surface area contributed by atoms with Crippen molar-refractivity contribution < 1.29 is 9.53 Å². The molecule has 2 heteroatoms. The van der Waals surface area contributed by atoms with Gasteiger partial charge in [-0.05, 0) is 24.8 Å². The third kappa shape index (κ3) is 7.13. The minimum absolute atomic E-state index is 0.221. The monoisotopic (exact) mass is 274 g/mol. The number of esters is 1. The summed E-state index contributed by atoms with van der Waals surface area (Å²) in [7, 11) is 0. The number of unbranched alkanes of at least 4 members (excludes halogenated alkanes) is 3. The highest BCUT2D eigenvalue weighted by molar-refractivity contribution is 5.82. The highest BCUT2D eigenvalue weighted by Crippen LogP contribution is 2.13. The fraction of sp³-hybridized carbons (Fsp3) is 0.500. The summed E-state index contributed by atoms with van der Waals surface area (Å²) in [6.45, 7) is 4.65. The van der Waals surface area contributed by atoms with E-state index in [1.165, 1.54) is 31.3 Å². The van der Waals surface area contributed by atoms with Crippen molar-refractivity contribution in [1.82, 2.24) is 0 Å². The molecule has 1 aromatic carbocycles. The Morgan fingerprint density at radius 2 is 1.85 bits per heavy atom. The van der Waals surface area contributed by atoms with Crippen LogP contribution in [0.1, 0.15) is 57.9 Å². The van der Waals surface area contributed by atoms with Crippen LogP contribution >= 0.6 is 0 Å². The summed E-state index contributed by atoms with van der Waals surface area (Å²) < 4.78 is 5.27. The van der Waals surface area contributed by atoms with E-state index < -0.39 is 0 Å². The van der Waals surface area contributed by atoms with Gasteiger partial charge in [0.1, 0.15) is 6.61 Å². The fourth-order valence-corrected chi connectivity index (χ4v) is 2.07. The first-order valence-electron chi connectivity index (χ1n) is 7.66. The van der Waals surface area contributed by atoms with Gasteiger partial charge in [0, 0.05) is 6.08 Å². The Morgan fingerprint density at radius 3 is 2.50 bits per heavy atom. The zero-order valence-corrected chi connectivity index (χ0v) is 12.7. The number of hydrogen-bond donors (Lipinski definition) is 0. The van der Waals surface area contributed by atoms with Crippen molar-refractivity contribution in [2.45, 2.75) is 59.0 Å². The van der Waals surface area contributed by atoms with E-state index in [4.69, 9.17) is 4.74 Å². The molecule has 1 rings (SSSR count). The molecule has 0 saturated carbocycles. The molecular weight excluding hydrogens is 248 g/mol. The van der Waals surface area contributed by atoms with E-state index in [9.17, 15) is 4.79 Å². The molecule has 1 aromatic rings. The topological polar surface area (TPSA) is 26.3 Å². The number of benzene rings is 1. The van der Waals surface area contributed by atoms with Gasteiger partial charge in [0.2, 0.25) is 0 Å². The van der Waals surface area contributed by atoms with E-state index in [0.29, 0.717) is 6.61 Å². The Labute approximate surface area is 122 Å². The number of ether oxygens (including phenoxy) is 1. The SMILES string of the molecule is CCCCCC/C(=C\C(=O)OCc1ccccc1)CC. The van der Waals surface area contributed by atoms with E-state index in [0.717, 1.165) is 18.4 Å². The molecule has 0 spiro atoms. The summed E-state index contributed by atoms with van der Waals surface area (Å²) in [6.07, 6.45) is 8.53. The second kappa shape index (κ2) is 10.2. The molecule has 0 fully saturated rings. The minimum atomic E-state index is -0.221. The largest absolute Gasteiger partial charge is 0.458 e. The van der Waals surface area contributed by atoms with Crippen LogP contribution in [-0.4, -0.2) is 5.97 Å². The number of hydrogen-bond acceptors (Lipinski definition) is 2. The second-order valence-corrected chi connectivity index (χ2v) is 5.06. The average Bonchev–Trinajstić information content (AvgIpc) is 2.49. The van der Waals surface area contributed by atoms with Gasteiger partial charge in [-0.2, -0.15) is 0 Å². The molecule has 0 saturated heterocycles. The van der Waals surface area contributed by atoms with Gasteiger partial charge >= 0.3 is 5.97 Å². The molecule has 20 heavy (non-hydrogen) atoms. The standard InChI is InChI=1S/C18H26O2/c1-3-5-6-8-11-16(4-2)14-18(19)20-15-17-12-9-7-10-13-17/h7,9-10,12-14H,3-6,8,11,15H2,1-2H3/b16-14-. The maximum atomic E-state index is 11.8. The lowest BCUT2D eigenvalue weighted by Gasteiger charge is -2.06. The summed E-state index contributed by atoms with van der Waals surface area (Å²) in [5.74, 6) is -0.221. The van der Waals surface area contributed by atoms with Crippen LogP contribution in [0, 0.1) is 0 Å². The number of carbonyl (C=O) groups excluding carboxylic acids is 1. The van der Waals surface area contributed by atoms with E-state index in [1.807, 2.05) is 30.3 Å². The molecule has 0 aliphatic carbocycles. The minimum Gasteiger partial charge on any atom is -0.458 e. The van der Waals surface area contributed by atoms with Crippen molar-refractivity contribution in [3.63, 3.8) is 0 Å². The predicted molar refractivity (Wildman–Crippen MR) is 83.4 cm³/mol. The van der Waals surface area contributed by atoms with E-state index >= 15 is 0 Å². The Hall–Kier alpha value is -1.57. The van der Waals surface area contributed by atoms with Crippen LogP contribution in [0.4, 0.5) is 0 Å². The first-order valence-corrected chi connectivity index (χ1v) is 7.66. The van der Waals surface area contributed by atoms with E-state index in [1.54, 1.807) is 6.08 Å². The summed E-state index contributed by atoms with van der Waals surface area (Å²) in [5, 5.41) is 0. The summed E-state index contributed by atoms with van der Waals surface area (Å²) >= 11 is 0. The first kappa shape index (κ1) is 16.5. The molecule has 0 atom stereocenters. The maximum absolute atomic E-state index is 11.8. The van der Waals surface area contributed by atoms with Crippen LogP contribution in [0.5, 0.6) is 0 Å². The van der Waals surface area contributed by atoms with Crippen LogP contribution < -0.4 is 0 Å². The van der Waals surface area contributed by atoms with Crippen molar-refractivity contribution in [3.8, 4) is 0 Å². The Kier molecular flexibility index (Phi) is 8.44. The Bertz CT molecular complexity index is 407. The summed E-state index contributed by atoms with van der Waals surface area (Å²) in [4.78, 5) is 11.8. The number of carbonyl (C=O) groups is 1. The molecule has 0 N–H and O–H groups in total. The molecule has 0 aromatic heterocycles. The van der Waals surface area contributed by atoms with Gasteiger partial charge in [0.05, 0.1) is 0 Å². The molecule has 0 unspecified atom stereocenters. The molecule has 0 amide bonds. The van der Waals surface area contributed by atoms with E-state index in [2.05, 4.69) is 13.8 Å². The molecule has 110 valence electrons. The molecule has 0 radical (unpaired) electrons. The van der Waals surface area contributed by atoms with Crippen molar-refractivity contribution >= 4 is 5.97 Å². The van der Waals surface area contributed by atoms with Crippen LogP contribution in [0.3, 0.4) is 0 Å². The zero-order chi connectivity index (χ0) is 14.6. The lowest BCUT2D eigenvalue weighted by atomic mass is 10.0. The quantitative estimate of drug-likeness (QED) is 0.358. The average molecular weight is 274 g/mol. The Morgan fingerprint density at radius 1 is 1.10 bits per heavy atom. The fourth-order valence-electron chi connectivity index (χ4n) is 2.07. The molecule has 2 nitrogen and oxygen atoms in total. The van der Waals surface area contributed by atoms with Gasteiger partial charge in [-0.1, -0.05) is 69.0 Å². The van der Waals surface area contributed by atoms with Crippen LogP contribution in [0.15, 0.2) is 42.0 Å². The van der Waals surface area contributed by atoms with Crippen LogP contribution in [0.2, 0.25) is 0 Å². The van der Waals surface area contributed by atoms with Gasteiger partial charge in [0.15, 0.2) is 0 Å².